The summed E-state index contributed by atoms with van der Waals surface area (Å²) in [6.07, 6.45) is 6.13. The van der Waals surface area contributed by atoms with Gasteiger partial charge in [-0.15, -0.1) is 0 Å². The zero-order valence-electron chi connectivity index (χ0n) is 10.2. The van der Waals surface area contributed by atoms with Gasteiger partial charge in [0, 0.05) is 17.7 Å². The molecular formula is C12H21NO3. The zero-order chi connectivity index (χ0) is 12.6. The number of amides is 1. The van der Waals surface area contributed by atoms with Gasteiger partial charge in [-0.25, -0.2) is 4.79 Å². The molecule has 0 heterocycles. The number of carbonyl (C=O) groups is 2. The standard InChI is InChI=1S/C12H21NO3/c1-4-5-6-9-12(2,3)13-10(14)7-8-11(15)16/h7-8H,4-6,9H2,1-3H3,(H,13,14)(H,15,16)/b8-7-. The molecule has 0 fully saturated rings. The molecule has 0 aromatic rings. The maximum absolute atomic E-state index is 11.3. The molecule has 4 heteroatoms. The van der Waals surface area contributed by atoms with E-state index in [4.69, 9.17) is 5.11 Å². The van der Waals surface area contributed by atoms with E-state index in [1.165, 1.54) is 0 Å². The summed E-state index contributed by atoms with van der Waals surface area (Å²) >= 11 is 0. The first-order valence-electron chi connectivity index (χ1n) is 5.60. The molecule has 0 bridgehead atoms. The maximum atomic E-state index is 11.3. The molecule has 0 aliphatic carbocycles. The monoisotopic (exact) mass is 227 g/mol. The molecule has 0 saturated carbocycles. The summed E-state index contributed by atoms with van der Waals surface area (Å²) in [6, 6.07) is 0. The summed E-state index contributed by atoms with van der Waals surface area (Å²) < 4.78 is 0. The number of carboxylic acids is 1. The highest BCUT2D eigenvalue weighted by Gasteiger charge is 2.18. The summed E-state index contributed by atoms with van der Waals surface area (Å²) in [7, 11) is 0. The molecular weight excluding hydrogens is 206 g/mol. The molecule has 0 radical (unpaired) electrons. The Kier molecular flexibility index (Phi) is 6.46. The molecule has 0 spiro atoms. The summed E-state index contributed by atoms with van der Waals surface area (Å²) in [4.78, 5) is 21.5. The summed E-state index contributed by atoms with van der Waals surface area (Å²) in [6.45, 7) is 6.01. The minimum Gasteiger partial charge on any atom is -0.478 e. The van der Waals surface area contributed by atoms with Crippen molar-refractivity contribution in [2.75, 3.05) is 0 Å². The van der Waals surface area contributed by atoms with Crippen LogP contribution in [0.2, 0.25) is 0 Å². The van der Waals surface area contributed by atoms with E-state index in [2.05, 4.69) is 12.2 Å². The van der Waals surface area contributed by atoms with E-state index >= 15 is 0 Å². The molecule has 2 N–H and O–H groups in total. The minimum atomic E-state index is -1.11. The van der Waals surface area contributed by atoms with E-state index in [0.29, 0.717) is 0 Å². The number of carboxylic acid groups (broad SMARTS) is 1. The van der Waals surface area contributed by atoms with Crippen LogP contribution in [0.1, 0.15) is 46.5 Å². The lowest BCUT2D eigenvalue weighted by Crippen LogP contribution is -2.42. The molecule has 0 unspecified atom stereocenters. The lowest BCUT2D eigenvalue weighted by Gasteiger charge is -2.25. The van der Waals surface area contributed by atoms with Crippen LogP contribution >= 0.6 is 0 Å². The second-order valence-corrected chi connectivity index (χ2v) is 4.50. The van der Waals surface area contributed by atoms with Crippen molar-refractivity contribution in [3.8, 4) is 0 Å². The third kappa shape index (κ3) is 8.03. The molecule has 0 aliphatic heterocycles. The Morgan fingerprint density at radius 2 is 1.88 bits per heavy atom. The van der Waals surface area contributed by atoms with Crippen LogP contribution < -0.4 is 5.32 Å². The van der Waals surface area contributed by atoms with Crippen molar-refractivity contribution in [3.63, 3.8) is 0 Å². The van der Waals surface area contributed by atoms with E-state index in [0.717, 1.165) is 37.8 Å². The summed E-state index contributed by atoms with van der Waals surface area (Å²) in [5.74, 6) is -1.47. The van der Waals surface area contributed by atoms with Gasteiger partial charge in [0.25, 0.3) is 0 Å². The predicted octanol–water partition coefficient (Wildman–Crippen LogP) is 2.10. The van der Waals surface area contributed by atoms with Gasteiger partial charge in [-0.05, 0) is 20.3 Å². The van der Waals surface area contributed by atoms with Crippen LogP contribution in [-0.4, -0.2) is 22.5 Å². The van der Waals surface area contributed by atoms with Crippen LogP contribution in [0.5, 0.6) is 0 Å². The number of unbranched alkanes of at least 4 members (excludes halogenated alkanes) is 2. The van der Waals surface area contributed by atoms with E-state index in [-0.39, 0.29) is 11.4 Å². The molecule has 1 amide bonds. The zero-order valence-corrected chi connectivity index (χ0v) is 10.2. The SMILES string of the molecule is CCCCCC(C)(C)NC(=O)/C=C\C(=O)O. The molecule has 16 heavy (non-hydrogen) atoms. The maximum Gasteiger partial charge on any atom is 0.328 e. The fraction of sp³-hybridized carbons (Fsp3) is 0.667. The van der Waals surface area contributed by atoms with Crippen molar-refractivity contribution in [1.82, 2.24) is 5.32 Å². The van der Waals surface area contributed by atoms with Gasteiger partial charge in [0.2, 0.25) is 5.91 Å². The van der Waals surface area contributed by atoms with Crippen LogP contribution in [0, 0.1) is 0 Å². The average Bonchev–Trinajstić information content (AvgIpc) is 2.14. The van der Waals surface area contributed by atoms with Crippen molar-refractivity contribution in [2.45, 2.75) is 52.0 Å². The minimum absolute atomic E-state index is 0.283. The molecule has 0 atom stereocenters. The van der Waals surface area contributed by atoms with Crippen LogP contribution in [0.25, 0.3) is 0 Å². The number of rotatable bonds is 7. The Labute approximate surface area is 96.7 Å². The number of nitrogens with one attached hydrogen (secondary N) is 1. The quantitative estimate of drug-likeness (QED) is 0.517. The van der Waals surface area contributed by atoms with Gasteiger partial charge in [0.15, 0.2) is 0 Å². The molecule has 0 aliphatic rings. The number of hydrogen-bond donors (Lipinski definition) is 2. The van der Waals surface area contributed by atoms with Gasteiger partial charge in [-0.2, -0.15) is 0 Å². The lowest BCUT2D eigenvalue weighted by molar-refractivity contribution is -0.131. The Morgan fingerprint density at radius 1 is 1.25 bits per heavy atom. The largest absolute Gasteiger partial charge is 0.478 e. The second kappa shape index (κ2) is 7.04. The Hall–Kier alpha value is -1.32. The Morgan fingerprint density at radius 3 is 2.38 bits per heavy atom. The van der Waals surface area contributed by atoms with Crippen LogP contribution in [-0.2, 0) is 9.59 Å². The number of aliphatic carboxylic acids is 1. The fourth-order valence-corrected chi connectivity index (χ4v) is 1.40. The van der Waals surface area contributed by atoms with E-state index < -0.39 is 5.97 Å². The van der Waals surface area contributed by atoms with Gasteiger partial charge < -0.3 is 10.4 Å². The molecule has 4 nitrogen and oxygen atoms in total. The summed E-state index contributed by atoms with van der Waals surface area (Å²) in [5.41, 5.74) is -0.283. The highest BCUT2D eigenvalue weighted by Crippen LogP contribution is 2.13. The van der Waals surface area contributed by atoms with Gasteiger partial charge in [-0.3, -0.25) is 4.79 Å². The van der Waals surface area contributed by atoms with Crippen LogP contribution in [0.4, 0.5) is 0 Å². The van der Waals surface area contributed by atoms with Crippen molar-refractivity contribution in [3.05, 3.63) is 12.2 Å². The normalized spacial score (nSPS) is 11.7. The average molecular weight is 227 g/mol. The highest BCUT2D eigenvalue weighted by molar-refractivity contribution is 5.94. The predicted molar refractivity (Wildman–Crippen MR) is 63.1 cm³/mol. The van der Waals surface area contributed by atoms with Crippen molar-refractivity contribution < 1.29 is 14.7 Å². The topological polar surface area (TPSA) is 66.4 Å². The van der Waals surface area contributed by atoms with Crippen LogP contribution in [0.15, 0.2) is 12.2 Å². The van der Waals surface area contributed by atoms with Crippen molar-refractivity contribution in [1.29, 1.82) is 0 Å². The molecule has 92 valence electrons. The van der Waals surface area contributed by atoms with Gasteiger partial charge in [-0.1, -0.05) is 26.2 Å². The van der Waals surface area contributed by atoms with E-state index in [1.807, 2.05) is 13.8 Å². The molecule has 0 saturated heterocycles. The first kappa shape index (κ1) is 14.7. The summed E-state index contributed by atoms with van der Waals surface area (Å²) in [5, 5.41) is 11.1. The smallest absolute Gasteiger partial charge is 0.328 e. The Balaban J connectivity index is 4.04. The van der Waals surface area contributed by atoms with Crippen molar-refractivity contribution in [2.24, 2.45) is 0 Å². The third-order valence-electron chi connectivity index (χ3n) is 2.24. The molecule has 0 aromatic heterocycles. The van der Waals surface area contributed by atoms with Crippen molar-refractivity contribution >= 4 is 11.9 Å². The number of hydrogen-bond acceptors (Lipinski definition) is 2. The van der Waals surface area contributed by atoms with Gasteiger partial charge in [0.05, 0.1) is 0 Å². The first-order chi connectivity index (χ1) is 7.37. The highest BCUT2D eigenvalue weighted by atomic mass is 16.4. The fourth-order valence-electron chi connectivity index (χ4n) is 1.40. The van der Waals surface area contributed by atoms with Crippen LogP contribution in [0.3, 0.4) is 0 Å². The van der Waals surface area contributed by atoms with Gasteiger partial charge in [0.1, 0.15) is 0 Å². The second-order valence-electron chi connectivity index (χ2n) is 4.50. The van der Waals surface area contributed by atoms with E-state index in [1.54, 1.807) is 0 Å². The molecule has 0 aromatic carbocycles. The molecule has 0 rings (SSSR count). The lowest BCUT2D eigenvalue weighted by atomic mass is 9.96. The third-order valence-corrected chi connectivity index (χ3v) is 2.24. The first-order valence-corrected chi connectivity index (χ1v) is 5.60. The number of carbonyl (C=O) groups excluding carboxylic acids is 1. The van der Waals surface area contributed by atoms with E-state index in [9.17, 15) is 9.59 Å². The van der Waals surface area contributed by atoms with Gasteiger partial charge >= 0.3 is 5.97 Å². The Bertz CT molecular complexity index is 269.